The summed E-state index contributed by atoms with van der Waals surface area (Å²) in [5.74, 6) is 0.971. The number of rotatable bonds is 8. The second-order valence-corrected chi connectivity index (χ2v) is 12.7. The van der Waals surface area contributed by atoms with Gasteiger partial charge in [0.05, 0.1) is 28.1 Å². The number of likely N-dealkylation sites (tertiary alicyclic amines) is 2. The Morgan fingerprint density at radius 1 is 1.31 bits per heavy atom. The molecule has 0 radical (unpaired) electrons. The Morgan fingerprint density at radius 3 is 2.79 bits per heavy atom. The molecule has 4 heterocycles. The number of pyridine rings is 1. The summed E-state index contributed by atoms with van der Waals surface area (Å²) < 4.78 is 52.1. The molecule has 48 heavy (non-hydrogen) atoms. The van der Waals surface area contributed by atoms with Crippen LogP contribution in [-0.2, 0) is 4.79 Å². The van der Waals surface area contributed by atoms with Crippen LogP contribution in [0.25, 0.3) is 32.9 Å². The molecule has 1 amide bonds. The van der Waals surface area contributed by atoms with Crippen LogP contribution in [0.1, 0.15) is 37.3 Å². The standard InChI is InChI=1S/C36H34F3N7O2/c1-6-25-28(38)11-10-22-13-21(16-40)14-26(30(22)25)32-31(39)33-27(17-41-32)34(44(4)19-24-9-8-12-46(24)29(47)7-2)43-35(42-33)48-20-36(3)15-23(37)18-45(36)5/h1,7,10-11,13-14,17,23-24H,2,8-9,12,15,18-20H2,3-5H3/t23-,24+,36+/m1/s1. The van der Waals surface area contributed by atoms with E-state index in [9.17, 15) is 18.8 Å². The number of fused-ring (bicyclic) bond motifs is 2. The van der Waals surface area contributed by atoms with Gasteiger partial charge < -0.3 is 14.5 Å². The molecule has 0 unspecified atom stereocenters. The molecule has 2 aliphatic heterocycles. The fraction of sp³-hybridized carbons (Fsp3) is 0.361. The lowest BCUT2D eigenvalue weighted by atomic mass is 9.94. The molecule has 0 aliphatic carbocycles. The second kappa shape index (κ2) is 12.8. The molecule has 3 atom stereocenters. The number of halogens is 3. The first-order valence-corrected chi connectivity index (χ1v) is 15.6. The number of anilines is 1. The van der Waals surface area contributed by atoms with E-state index in [2.05, 4.69) is 33.5 Å². The fourth-order valence-corrected chi connectivity index (χ4v) is 6.84. The van der Waals surface area contributed by atoms with Crippen LogP contribution in [0.5, 0.6) is 6.01 Å². The summed E-state index contributed by atoms with van der Waals surface area (Å²) in [6.45, 7) is 6.77. The minimum Gasteiger partial charge on any atom is -0.461 e. The maximum absolute atomic E-state index is 16.8. The number of benzene rings is 2. The number of amides is 1. The van der Waals surface area contributed by atoms with Crippen LogP contribution in [0.4, 0.5) is 19.0 Å². The van der Waals surface area contributed by atoms with Gasteiger partial charge in [-0.25, -0.2) is 13.2 Å². The highest BCUT2D eigenvalue weighted by atomic mass is 19.1. The molecule has 0 saturated carbocycles. The number of hydrogen-bond donors (Lipinski definition) is 0. The van der Waals surface area contributed by atoms with Gasteiger partial charge in [0.2, 0.25) is 5.91 Å². The SMILES string of the molecule is C#Cc1c(F)ccc2cc(C#N)cc(-c3ncc4c(N(C)C[C@@H]5CCCN5C(=O)C=C)nc(OC[C@]5(C)C[C@@H](F)CN5C)nc4c3F)c12. The van der Waals surface area contributed by atoms with Gasteiger partial charge in [0.1, 0.15) is 35.6 Å². The van der Waals surface area contributed by atoms with E-state index >= 15 is 4.39 Å². The van der Waals surface area contributed by atoms with E-state index in [0.717, 1.165) is 12.8 Å². The van der Waals surface area contributed by atoms with E-state index in [0.29, 0.717) is 24.3 Å². The highest BCUT2D eigenvalue weighted by molar-refractivity contribution is 6.03. The lowest BCUT2D eigenvalue weighted by Gasteiger charge is -2.31. The number of alkyl halides is 1. The van der Waals surface area contributed by atoms with Crippen molar-refractivity contribution in [2.45, 2.75) is 43.9 Å². The van der Waals surface area contributed by atoms with Crippen molar-refractivity contribution in [1.82, 2.24) is 24.8 Å². The van der Waals surface area contributed by atoms with Gasteiger partial charge in [-0.2, -0.15) is 15.2 Å². The van der Waals surface area contributed by atoms with Crippen LogP contribution >= 0.6 is 0 Å². The molecule has 0 bridgehead atoms. The molecule has 2 aromatic carbocycles. The van der Waals surface area contributed by atoms with E-state index in [1.54, 1.807) is 22.9 Å². The second-order valence-electron chi connectivity index (χ2n) is 12.7. The van der Waals surface area contributed by atoms with Crippen molar-refractivity contribution < 1.29 is 22.7 Å². The van der Waals surface area contributed by atoms with Crippen LogP contribution in [0.15, 0.2) is 43.1 Å². The largest absolute Gasteiger partial charge is 0.461 e. The van der Waals surface area contributed by atoms with Crippen LogP contribution in [0, 0.1) is 35.3 Å². The summed E-state index contributed by atoms with van der Waals surface area (Å²) in [5.41, 5.74) is -0.712. The molecule has 2 saturated heterocycles. The number of carbonyl (C=O) groups is 1. The zero-order valence-electron chi connectivity index (χ0n) is 26.9. The summed E-state index contributed by atoms with van der Waals surface area (Å²) in [4.78, 5) is 31.5. The summed E-state index contributed by atoms with van der Waals surface area (Å²) in [6, 6.07) is 7.43. The zero-order chi connectivity index (χ0) is 34.3. The Bertz CT molecular complexity index is 2040. The van der Waals surface area contributed by atoms with Gasteiger partial charge in [-0.15, -0.1) is 6.42 Å². The molecule has 4 aromatic rings. The minimum atomic E-state index is -1.02. The molecule has 0 spiro atoms. The van der Waals surface area contributed by atoms with Crippen molar-refractivity contribution in [2.75, 3.05) is 45.2 Å². The number of aromatic nitrogens is 3. The molecule has 246 valence electrons. The number of nitriles is 1. The molecule has 2 aliphatic rings. The summed E-state index contributed by atoms with van der Waals surface area (Å²) in [7, 11) is 3.59. The van der Waals surface area contributed by atoms with Crippen molar-refractivity contribution in [3.05, 3.63) is 65.9 Å². The average Bonchev–Trinajstić information content (AvgIpc) is 3.64. The van der Waals surface area contributed by atoms with Crippen molar-refractivity contribution in [1.29, 1.82) is 5.26 Å². The first-order chi connectivity index (χ1) is 23.0. The predicted octanol–water partition coefficient (Wildman–Crippen LogP) is 5.40. The van der Waals surface area contributed by atoms with Crippen LogP contribution in [0.2, 0.25) is 0 Å². The van der Waals surface area contributed by atoms with Crippen LogP contribution in [0.3, 0.4) is 0 Å². The lowest BCUT2D eigenvalue weighted by Crippen LogP contribution is -2.43. The Morgan fingerprint density at radius 2 is 2.10 bits per heavy atom. The fourth-order valence-electron chi connectivity index (χ4n) is 6.84. The zero-order valence-corrected chi connectivity index (χ0v) is 26.9. The number of terminal acetylenes is 1. The first-order valence-electron chi connectivity index (χ1n) is 15.6. The van der Waals surface area contributed by atoms with E-state index in [1.807, 2.05) is 18.9 Å². The molecular weight excluding hydrogens is 619 g/mol. The quantitative estimate of drug-likeness (QED) is 0.184. The molecule has 0 N–H and O–H groups in total. The monoisotopic (exact) mass is 653 g/mol. The molecule has 9 nitrogen and oxygen atoms in total. The van der Waals surface area contributed by atoms with Crippen molar-refractivity contribution in [2.24, 2.45) is 0 Å². The van der Waals surface area contributed by atoms with Crippen LogP contribution in [-0.4, -0.2) is 88.7 Å². The number of ether oxygens (including phenoxy) is 1. The number of carbonyl (C=O) groups excluding carboxylic acids is 1. The van der Waals surface area contributed by atoms with E-state index in [4.69, 9.17) is 11.2 Å². The Kier molecular flexibility index (Phi) is 8.71. The topological polar surface area (TPSA) is 98.5 Å². The molecule has 2 fully saturated rings. The van der Waals surface area contributed by atoms with Crippen molar-refractivity contribution >= 4 is 33.4 Å². The van der Waals surface area contributed by atoms with Crippen molar-refractivity contribution in [3.63, 3.8) is 0 Å². The number of nitrogens with zero attached hydrogens (tertiary/aromatic N) is 7. The molecule has 2 aromatic heterocycles. The van der Waals surface area contributed by atoms with Crippen molar-refractivity contribution in [3.8, 4) is 35.7 Å². The Hall–Kier alpha value is -5.20. The lowest BCUT2D eigenvalue weighted by molar-refractivity contribution is -0.126. The minimum absolute atomic E-state index is 0.0437. The van der Waals surface area contributed by atoms with Gasteiger partial charge >= 0.3 is 6.01 Å². The van der Waals surface area contributed by atoms with Gasteiger partial charge in [-0.05, 0) is 56.5 Å². The maximum Gasteiger partial charge on any atom is 0.319 e. The molecule has 6 rings (SSSR count). The molecule has 12 heteroatoms. The Labute approximate surface area is 276 Å². The van der Waals surface area contributed by atoms with Gasteiger partial charge in [-0.1, -0.05) is 18.6 Å². The number of likely N-dealkylation sites (N-methyl/N-ethyl adjacent to an activating group) is 2. The summed E-state index contributed by atoms with van der Waals surface area (Å²) >= 11 is 0. The first kappa shape index (κ1) is 32.7. The Balaban J connectivity index is 1.50. The van der Waals surface area contributed by atoms with Gasteiger partial charge in [0, 0.05) is 56.3 Å². The summed E-state index contributed by atoms with van der Waals surface area (Å²) in [6.07, 6.45) is 9.22. The predicted molar refractivity (Wildman–Crippen MR) is 177 cm³/mol. The third-order valence-electron chi connectivity index (χ3n) is 9.49. The normalized spacial score (nSPS) is 21.0. The van der Waals surface area contributed by atoms with E-state index < -0.39 is 23.3 Å². The maximum atomic E-state index is 16.8. The highest BCUT2D eigenvalue weighted by Gasteiger charge is 2.41. The van der Waals surface area contributed by atoms with Gasteiger partial charge in [0.25, 0.3) is 0 Å². The van der Waals surface area contributed by atoms with Crippen LogP contribution < -0.4 is 9.64 Å². The smallest absolute Gasteiger partial charge is 0.319 e. The summed E-state index contributed by atoms with van der Waals surface area (Å²) in [5, 5.41) is 10.7. The highest BCUT2D eigenvalue weighted by Crippen LogP contribution is 2.38. The van der Waals surface area contributed by atoms with E-state index in [1.165, 1.54) is 30.5 Å². The number of hydrogen-bond acceptors (Lipinski definition) is 8. The van der Waals surface area contributed by atoms with E-state index in [-0.39, 0.29) is 76.2 Å². The van der Waals surface area contributed by atoms with Gasteiger partial charge in [0.15, 0.2) is 5.82 Å². The average molecular weight is 654 g/mol. The third-order valence-corrected chi connectivity index (χ3v) is 9.49. The van der Waals surface area contributed by atoms with Gasteiger partial charge in [-0.3, -0.25) is 14.7 Å². The molecular formula is C36H34F3N7O2. The third kappa shape index (κ3) is 5.77.